The number of rotatable bonds is 2. The smallest absolute Gasteiger partial charge is 0.269 e. The van der Waals surface area contributed by atoms with Crippen molar-refractivity contribution in [3.05, 3.63) is 30.1 Å². The molecule has 80 valence electrons. The van der Waals surface area contributed by atoms with Crippen LogP contribution < -0.4 is 16.6 Å². The average Bonchev–Trinajstić information content (AvgIpc) is 2.26. The summed E-state index contributed by atoms with van der Waals surface area (Å²) in [5.41, 5.74) is 10.1. The van der Waals surface area contributed by atoms with Crippen molar-refractivity contribution in [3.63, 3.8) is 0 Å². The predicted octanol–water partition coefficient (Wildman–Crippen LogP) is -0.810. The van der Waals surface area contributed by atoms with Crippen LogP contribution in [0.3, 0.4) is 0 Å². The van der Waals surface area contributed by atoms with E-state index in [1.807, 2.05) is 0 Å². The molecule has 1 atom stereocenters. The maximum Gasteiger partial charge on any atom is 0.269 e. The Hall–Kier alpha value is -1.95. The third-order valence-corrected chi connectivity index (χ3v) is 1.66. The van der Waals surface area contributed by atoms with Gasteiger partial charge in [0.2, 0.25) is 0 Å². The highest BCUT2D eigenvalue weighted by Gasteiger charge is 2.09. The molecule has 1 aromatic heterocycles. The average molecular weight is 208 g/mol. The molecule has 2 amide bonds. The van der Waals surface area contributed by atoms with Gasteiger partial charge in [-0.2, -0.15) is 0 Å². The van der Waals surface area contributed by atoms with Crippen molar-refractivity contribution in [3.8, 4) is 0 Å². The molecule has 0 radical (unpaired) electrons. The first-order valence-electron chi connectivity index (χ1n) is 4.37. The lowest BCUT2D eigenvalue weighted by molar-refractivity contribution is -0.122. The van der Waals surface area contributed by atoms with Gasteiger partial charge in [-0.3, -0.25) is 25.4 Å². The van der Waals surface area contributed by atoms with Crippen LogP contribution in [-0.2, 0) is 4.79 Å². The fourth-order valence-electron chi connectivity index (χ4n) is 0.808. The summed E-state index contributed by atoms with van der Waals surface area (Å²) < 4.78 is 0. The van der Waals surface area contributed by atoms with Crippen LogP contribution in [0.4, 0.5) is 0 Å². The first-order chi connectivity index (χ1) is 7.11. The Morgan fingerprint density at radius 1 is 1.33 bits per heavy atom. The quantitative estimate of drug-likeness (QED) is 0.554. The highest BCUT2D eigenvalue weighted by molar-refractivity contribution is 5.95. The second-order valence-corrected chi connectivity index (χ2v) is 2.97. The number of carbonyl (C=O) groups excluding carboxylic acids is 2. The number of hydrazine groups is 1. The van der Waals surface area contributed by atoms with Gasteiger partial charge >= 0.3 is 0 Å². The molecule has 0 aliphatic heterocycles. The van der Waals surface area contributed by atoms with E-state index in [1.54, 1.807) is 0 Å². The first-order valence-corrected chi connectivity index (χ1v) is 4.37. The molecule has 15 heavy (non-hydrogen) atoms. The number of pyridine rings is 1. The van der Waals surface area contributed by atoms with Crippen molar-refractivity contribution in [2.75, 3.05) is 0 Å². The molecule has 0 saturated carbocycles. The predicted molar refractivity (Wildman–Crippen MR) is 53.5 cm³/mol. The Kier molecular flexibility index (Phi) is 3.75. The molecular formula is C9H12N4O2. The monoisotopic (exact) mass is 208 g/mol. The van der Waals surface area contributed by atoms with Crippen LogP contribution in [0.25, 0.3) is 0 Å². The van der Waals surface area contributed by atoms with Crippen LogP contribution in [0.1, 0.15) is 17.3 Å². The van der Waals surface area contributed by atoms with E-state index in [-0.39, 0.29) is 0 Å². The fraction of sp³-hybridized carbons (Fsp3) is 0.222. The van der Waals surface area contributed by atoms with Gasteiger partial charge in [0.1, 0.15) is 0 Å². The van der Waals surface area contributed by atoms with E-state index in [4.69, 9.17) is 5.73 Å². The van der Waals surface area contributed by atoms with Gasteiger partial charge in [-0.05, 0) is 19.1 Å². The maximum absolute atomic E-state index is 11.4. The van der Waals surface area contributed by atoms with Crippen molar-refractivity contribution in [1.82, 2.24) is 15.8 Å². The van der Waals surface area contributed by atoms with Crippen molar-refractivity contribution < 1.29 is 9.59 Å². The van der Waals surface area contributed by atoms with E-state index in [1.165, 1.54) is 31.5 Å². The number of hydrogen-bond acceptors (Lipinski definition) is 4. The summed E-state index contributed by atoms with van der Waals surface area (Å²) >= 11 is 0. The molecule has 1 heterocycles. The molecule has 0 fully saturated rings. The second kappa shape index (κ2) is 5.06. The topological polar surface area (TPSA) is 97.1 Å². The lowest BCUT2D eigenvalue weighted by Crippen LogP contribution is -2.48. The third-order valence-electron chi connectivity index (χ3n) is 1.66. The summed E-state index contributed by atoms with van der Waals surface area (Å²) in [6.45, 7) is 1.52. The molecule has 4 N–H and O–H groups in total. The Morgan fingerprint density at radius 3 is 2.47 bits per heavy atom. The number of nitrogens with zero attached hydrogens (tertiary/aromatic N) is 1. The Labute approximate surface area is 86.8 Å². The van der Waals surface area contributed by atoms with Crippen LogP contribution in [0.2, 0.25) is 0 Å². The SMILES string of the molecule is C[C@@H](N)C(=O)NNC(=O)c1ccncc1. The van der Waals surface area contributed by atoms with Crippen LogP contribution in [0.5, 0.6) is 0 Å². The molecule has 6 nitrogen and oxygen atoms in total. The van der Waals surface area contributed by atoms with Crippen LogP contribution in [0, 0.1) is 0 Å². The zero-order valence-electron chi connectivity index (χ0n) is 8.23. The number of nitrogens with one attached hydrogen (secondary N) is 2. The third kappa shape index (κ3) is 3.35. The summed E-state index contributed by atoms with van der Waals surface area (Å²) in [7, 11) is 0. The van der Waals surface area contributed by atoms with Gasteiger partial charge in [0.05, 0.1) is 6.04 Å². The molecular weight excluding hydrogens is 196 g/mol. The number of aromatic nitrogens is 1. The number of amides is 2. The fourth-order valence-corrected chi connectivity index (χ4v) is 0.808. The molecule has 0 unspecified atom stereocenters. The van der Waals surface area contributed by atoms with E-state index in [0.717, 1.165) is 0 Å². The number of nitrogens with two attached hydrogens (primary N) is 1. The normalized spacial score (nSPS) is 11.6. The number of hydrogen-bond donors (Lipinski definition) is 3. The molecule has 0 bridgehead atoms. The first kappa shape index (κ1) is 11.1. The van der Waals surface area contributed by atoms with Crippen LogP contribution in [-0.4, -0.2) is 22.8 Å². The van der Waals surface area contributed by atoms with Gasteiger partial charge in [0, 0.05) is 18.0 Å². The molecule has 1 rings (SSSR count). The minimum Gasteiger partial charge on any atom is -0.320 e. The van der Waals surface area contributed by atoms with E-state index in [0.29, 0.717) is 5.56 Å². The minimum atomic E-state index is -0.664. The highest BCUT2D eigenvalue weighted by Crippen LogP contribution is 1.94. The second-order valence-electron chi connectivity index (χ2n) is 2.97. The molecule has 0 aliphatic carbocycles. The molecule has 0 spiro atoms. The van der Waals surface area contributed by atoms with E-state index in [2.05, 4.69) is 15.8 Å². The summed E-state index contributed by atoms with van der Waals surface area (Å²) in [5, 5.41) is 0. The van der Waals surface area contributed by atoms with Crippen LogP contribution >= 0.6 is 0 Å². The van der Waals surface area contributed by atoms with Gasteiger partial charge in [0.25, 0.3) is 11.8 Å². The highest BCUT2D eigenvalue weighted by atomic mass is 16.2. The summed E-state index contributed by atoms with van der Waals surface area (Å²) in [6, 6.07) is 2.41. The molecule has 0 aromatic carbocycles. The number of carbonyl (C=O) groups is 2. The largest absolute Gasteiger partial charge is 0.320 e. The van der Waals surface area contributed by atoms with E-state index in [9.17, 15) is 9.59 Å². The minimum absolute atomic E-state index is 0.411. The molecule has 0 aliphatic rings. The van der Waals surface area contributed by atoms with Crippen molar-refractivity contribution in [2.24, 2.45) is 5.73 Å². The summed E-state index contributed by atoms with van der Waals surface area (Å²) in [6.07, 6.45) is 2.98. The lowest BCUT2D eigenvalue weighted by atomic mass is 10.2. The zero-order valence-corrected chi connectivity index (χ0v) is 8.23. The zero-order chi connectivity index (χ0) is 11.3. The Balaban J connectivity index is 2.48. The summed E-state index contributed by atoms with van der Waals surface area (Å²) in [4.78, 5) is 26.2. The lowest BCUT2D eigenvalue weighted by Gasteiger charge is -2.08. The van der Waals surface area contributed by atoms with Gasteiger partial charge in [0.15, 0.2) is 0 Å². The van der Waals surface area contributed by atoms with Crippen molar-refractivity contribution in [1.29, 1.82) is 0 Å². The van der Waals surface area contributed by atoms with Gasteiger partial charge < -0.3 is 5.73 Å². The van der Waals surface area contributed by atoms with Gasteiger partial charge in [-0.1, -0.05) is 0 Å². The standard InChI is InChI=1S/C9H12N4O2/c1-6(10)8(14)12-13-9(15)7-2-4-11-5-3-7/h2-6H,10H2,1H3,(H,12,14)(H,13,15)/t6-/m1/s1. The molecule has 1 aromatic rings. The Bertz CT molecular complexity index is 350. The van der Waals surface area contributed by atoms with Crippen molar-refractivity contribution in [2.45, 2.75) is 13.0 Å². The molecule has 6 heteroatoms. The van der Waals surface area contributed by atoms with Crippen molar-refractivity contribution >= 4 is 11.8 Å². The Morgan fingerprint density at radius 2 is 1.93 bits per heavy atom. The summed E-state index contributed by atoms with van der Waals surface area (Å²) in [5.74, 6) is -0.858. The molecule has 0 saturated heterocycles. The van der Waals surface area contributed by atoms with Gasteiger partial charge in [-0.15, -0.1) is 0 Å². The maximum atomic E-state index is 11.4. The van der Waals surface area contributed by atoms with Gasteiger partial charge in [-0.25, -0.2) is 0 Å². The van der Waals surface area contributed by atoms with E-state index < -0.39 is 17.9 Å². The van der Waals surface area contributed by atoms with Crippen LogP contribution in [0.15, 0.2) is 24.5 Å². The van der Waals surface area contributed by atoms with E-state index >= 15 is 0 Å².